The highest BCUT2D eigenvalue weighted by molar-refractivity contribution is 5.96. The number of halogens is 3. The molecule has 1 atom stereocenters. The predicted molar refractivity (Wildman–Crippen MR) is 126 cm³/mol. The van der Waals surface area contributed by atoms with Crippen LogP contribution in [-0.4, -0.2) is 22.0 Å². The third kappa shape index (κ3) is 4.33. The monoisotopic (exact) mass is 461 g/mol. The van der Waals surface area contributed by atoms with Crippen LogP contribution in [0.25, 0.3) is 17.1 Å². The van der Waals surface area contributed by atoms with Gasteiger partial charge in [-0.1, -0.05) is 60.7 Å². The molecule has 1 fully saturated rings. The number of nitrogens with zero attached hydrogens (tertiary/aromatic N) is 3. The van der Waals surface area contributed by atoms with E-state index in [4.69, 9.17) is 4.98 Å². The number of anilines is 1. The van der Waals surface area contributed by atoms with Crippen molar-refractivity contribution in [3.05, 3.63) is 102 Å². The maximum Gasteiger partial charge on any atom is 0.416 e. The van der Waals surface area contributed by atoms with E-state index in [9.17, 15) is 18.0 Å². The zero-order chi connectivity index (χ0) is 23.7. The molecule has 4 nitrogen and oxygen atoms in total. The van der Waals surface area contributed by atoms with Crippen molar-refractivity contribution in [1.29, 1.82) is 0 Å². The van der Waals surface area contributed by atoms with Gasteiger partial charge >= 0.3 is 6.18 Å². The highest BCUT2D eigenvalue weighted by Crippen LogP contribution is 2.36. The van der Waals surface area contributed by atoms with Gasteiger partial charge in [-0.2, -0.15) is 13.2 Å². The number of rotatable bonds is 5. The van der Waals surface area contributed by atoms with Crippen molar-refractivity contribution in [3.63, 3.8) is 0 Å². The largest absolute Gasteiger partial charge is 0.416 e. The Morgan fingerprint density at radius 1 is 0.971 bits per heavy atom. The number of aromatic nitrogens is 2. The molecule has 0 spiro atoms. The van der Waals surface area contributed by atoms with Crippen molar-refractivity contribution >= 4 is 28.7 Å². The molecule has 0 saturated carbocycles. The molecule has 0 radical (unpaired) electrons. The molecule has 34 heavy (non-hydrogen) atoms. The molecule has 1 aromatic heterocycles. The molecule has 1 amide bonds. The Morgan fingerprint density at radius 3 is 2.53 bits per heavy atom. The van der Waals surface area contributed by atoms with Crippen molar-refractivity contribution in [2.75, 3.05) is 11.4 Å². The second kappa shape index (κ2) is 8.82. The van der Waals surface area contributed by atoms with Gasteiger partial charge in [0.1, 0.15) is 5.82 Å². The molecule has 1 saturated heterocycles. The topological polar surface area (TPSA) is 38.1 Å². The van der Waals surface area contributed by atoms with Crippen molar-refractivity contribution in [2.45, 2.75) is 25.1 Å². The quantitative estimate of drug-likeness (QED) is 0.350. The fraction of sp³-hybridized carbons (Fsp3) is 0.185. The van der Waals surface area contributed by atoms with Crippen LogP contribution in [-0.2, 0) is 17.5 Å². The third-order valence-corrected chi connectivity index (χ3v) is 6.06. The highest BCUT2D eigenvalue weighted by atomic mass is 19.4. The summed E-state index contributed by atoms with van der Waals surface area (Å²) in [5, 5.41) is 0. The van der Waals surface area contributed by atoms with E-state index in [1.54, 1.807) is 6.07 Å². The van der Waals surface area contributed by atoms with Crippen LogP contribution in [0.15, 0.2) is 84.9 Å². The summed E-state index contributed by atoms with van der Waals surface area (Å²) in [6.45, 7) is 0.852. The number of fused-ring (bicyclic) bond motifs is 1. The van der Waals surface area contributed by atoms with Crippen LogP contribution in [0.4, 0.5) is 18.9 Å². The number of allylic oxidation sites excluding steroid dienone is 1. The lowest BCUT2D eigenvalue weighted by Crippen LogP contribution is -2.25. The lowest BCUT2D eigenvalue weighted by Gasteiger charge is -2.18. The number of hydrogen-bond donors (Lipinski definition) is 0. The number of para-hydroxylation sites is 2. The van der Waals surface area contributed by atoms with E-state index >= 15 is 0 Å². The predicted octanol–water partition coefficient (Wildman–Crippen LogP) is 6.29. The van der Waals surface area contributed by atoms with E-state index in [1.807, 2.05) is 66.7 Å². The summed E-state index contributed by atoms with van der Waals surface area (Å²) in [6, 6.07) is 22.7. The zero-order valence-electron chi connectivity index (χ0n) is 18.2. The lowest BCUT2D eigenvalue weighted by molar-refractivity contribution is -0.137. The van der Waals surface area contributed by atoms with Crippen LogP contribution in [0.3, 0.4) is 0 Å². The second-order valence-electron chi connectivity index (χ2n) is 8.34. The van der Waals surface area contributed by atoms with Crippen LogP contribution < -0.4 is 4.90 Å². The summed E-state index contributed by atoms with van der Waals surface area (Å²) < 4.78 is 41.6. The van der Waals surface area contributed by atoms with Gasteiger partial charge in [-0.05, 0) is 35.9 Å². The number of carbonyl (C=O) groups excluding carboxylic acids is 1. The second-order valence-corrected chi connectivity index (χ2v) is 8.34. The van der Waals surface area contributed by atoms with Gasteiger partial charge < -0.3 is 9.47 Å². The number of benzene rings is 3. The molecule has 7 heteroatoms. The molecular weight excluding hydrogens is 439 g/mol. The number of alkyl halides is 3. The van der Waals surface area contributed by atoms with E-state index in [1.165, 1.54) is 11.0 Å². The Balaban J connectivity index is 1.45. The van der Waals surface area contributed by atoms with Crippen molar-refractivity contribution in [2.24, 2.45) is 0 Å². The van der Waals surface area contributed by atoms with Crippen molar-refractivity contribution in [1.82, 2.24) is 9.55 Å². The molecule has 3 aromatic carbocycles. The van der Waals surface area contributed by atoms with Crippen LogP contribution >= 0.6 is 0 Å². The molecule has 172 valence electrons. The minimum Gasteiger partial charge on any atom is -0.324 e. The molecule has 1 aliphatic rings. The van der Waals surface area contributed by atoms with E-state index in [2.05, 4.69) is 4.57 Å². The summed E-state index contributed by atoms with van der Waals surface area (Å²) in [6.07, 6.45) is -0.180. The fourth-order valence-corrected chi connectivity index (χ4v) is 4.44. The van der Waals surface area contributed by atoms with Crippen LogP contribution in [0, 0.1) is 0 Å². The maximum absolute atomic E-state index is 13.2. The molecule has 4 aromatic rings. The first-order chi connectivity index (χ1) is 16.4. The van der Waals surface area contributed by atoms with Gasteiger partial charge in [-0.15, -0.1) is 0 Å². The van der Waals surface area contributed by atoms with Crippen LogP contribution in [0.5, 0.6) is 0 Å². The van der Waals surface area contributed by atoms with E-state index in [0.717, 1.165) is 34.6 Å². The van der Waals surface area contributed by atoms with Crippen LogP contribution in [0.1, 0.15) is 29.3 Å². The van der Waals surface area contributed by atoms with Gasteiger partial charge in [0.25, 0.3) is 0 Å². The SMILES string of the molecule is O=C1CC(c2nc3ccccc3n2C/C=C/c2ccccc2)CN1c1cccc(C(F)(F)F)c1. The van der Waals surface area contributed by atoms with Crippen molar-refractivity contribution < 1.29 is 18.0 Å². The first kappa shape index (κ1) is 21.9. The summed E-state index contributed by atoms with van der Waals surface area (Å²) in [5.74, 6) is 0.337. The summed E-state index contributed by atoms with van der Waals surface area (Å²) in [5.41, 5.74) is 2.37. The summed E-state index contributed by atoms with van der Waals surface area (Å²) >= 11 is 0. The van der Waals surface area contributed by atoms with Gasteiger partial charge in [-0.3, -0.25) is 4.79 Å². The first-order valence-corrected chi connectivity index (χ1v) is 11.0. The Bertz CT molecular complexity index is 1360. The Labute approximate surface area is 195 Å². The summed E-state index contributed by atoms with van der Waals surface area (Å²) in [7, 11) is 0. The lowest BCUT2D eigenvalue weighted by atomic mass is 10.1. The number of hydrogen-bond acceptors (Lipinski definition) is 2. The molecule has 5 rings (SSSR count). The molecule has 1 aliphatic heterocycles. The van der Waals surface area contributed by atoms with Crippen LogP contribution in [0.2, 0.25) is 0 Å². The van der Waals surface area contributed by atoms with Gasteiger partial charge in [0.2, 0.25) is 5.91 Å². The van der Waals surface area contributed by atoms with Gasteiger partial charge in [-0.25, -0.2) is 4.98 Å². The Hall–Kier alpha value is -3.87. The first-order valence-electron chi connectivity index (χ1n) is 11.0. The number of imidazole rings is 1. The van der Waals surface area contributed by atoms with Gasteiger partial charge in [0.15, 0.2) is 0 Å². The molecule has 1 unspecified atom stereocenters. The normalized spacial score (nSPS) is 16.7. The maximum atomic E-state index is 13.2. The minimum atomic E-state index is -4.46. The van der Waals surface area contributed by atoms with E-state index in [-0.39, 0.29) is 30.5 Å². The third-order valence-electron chi connectivity index (χ3n) is 6.06. The average Bonchev–Trinajstić information content (AvgIpc) is 3.40. The van der Waals surface area contributed by atoms with Gasteiger partial charge in [0, 0.05) is 31.1 Å². The minimum absolute atomic E-state index is 0.196. The Morgan fingerprint density at radius 2 is 1.74 bits per heavy atom. The standard InChI is InChI=1S/C27H22F3N3O/c28-27(29,30)21-11-6-12-22(17-21)33-18-20(16-25(33)34)26-31-23-13-4-5-14-24(23)32(26)15-7-10-19-8-2-1-3-9-19/h1-14,17,20H,15-16,18H2/b10-7+. The fourth-order valence-electron chi connectivity index (χ4n) is 4.44. The highest BCUT2D eigenvalue weighted by Gasteiger charge is 2.36. The molecule has 0 N–H and O–H groups in total. The van der Waals surface area contributed by atoms with Crippen molar-refractivity contribution in [3.8, 4) is 0 Å². The average molecular weight is 461 g/mol. The van der Waals surface area contributed by atoms with Gasteiger partial charge in [0.05, 0.1) is 16.6 Å². The Kier molecular flexibility index (Phi) is 5.69. The smallest absolute Gasteiger partial charge is 0.324 e. The number of carbonyl (C=O) groups is 1. The molecule has 0 bridgehead atoms. The van der Waals surface area contributed by atoms with E-state index in [0.29, 0.717) is 6.54 Å². The molecular formula is C27H22F3N3O. The molecule has 0 aliphatic carbocycles. The van der Waals surface area contributed by atoms with E-state index < -0.39 is 11.7 Å². The number of amides is 1. The zero-order valence-corrected chi connectivity index (χ0v) is 18.2. The summed E-state index contributed by atoms with van der Waals surface area (Å²) in [4.78, 5) is 19.1. The molecule has 2 heterocycles.